The summed E-state index contributed by atoms with van der Waals surface area (Å²) in [5, 5.41) is 140. The van der Waals surface area contributed by atoms with Gasteiger partial charge >= 0.3 is 0 Å². The molecule has 5 aliphatic heterocycles. The van der Waals surface area contributed by atoms with Gasteiger partial charge in [0.2, 0.25) is 0 Å². The molecule has 0 amide bonds. The fourth-order valence-electron chi connectivity index (χ4n) is 15.0. The van der Waals surface area contributed by atoms with Crippen LogP contribution >= 0.6 is 0 Å². The van der Waals surface area contributed by atoms with Crippen molar-refractivity contribution >= 4 is 0 Å². The van der Waals surface area contributed by atoms with Gasteiger partial charge in [-0.25, -0.2) is 0 Å². The van der Waals surface area contributed by atoms with Crippen LogP contribution in [0, 0.1) is 28.6 Å². The minimum Gasteiger partial charge on any atom is -0.394 e. The summed E-state index contributed by atoms with van der Waals surface area (Å²) in [7, 11) is 3.01. The van der Waals surface area contributed by atoms with E-state index in [1.807, 2.05) is 13.8 Å². The van der Waals surface area contributed by atoms with E-state index in [4.69, 9.17) is 56.8 Å². The molecule has 13 N–H and O–H groups in total. The van der Waals surface area contributed by atoms with E-state index in [2.05, 4.69) is 19.9 Å². The SMILES string of the molecule is CO[C@@H]1[C@@H](O)[C@H](O[C@@H]2[C@@H](C)O[C@@H](O[C@H]3CC[C@@]4(C)C(=CC[C@@H]5[C@@H]4CC[C@]4(C)[C@@H]([C@H](C)O[C@@H]6O[C@H](CO[C@@H]7O[C@H](CO[C@@H]8O[C@H](CO)[C@H](O)[C@H](O)[C@H]8O)[C@H](O)[C@H](O)[C@H]7O)[C@H](O)[C@H](O)[C@H]6O)CC[C@]54O)C3)C[C@H]2OC)O[C@H](C)[C@H]1O. The maximum atomic E-state index is 13.0. The molecule has 0 unspecified atom stereocenters. The number of aliphatic hydroxyl groups is 13. The molecule has 32 atom stereocenters. The van der Waals surface area contributed by atoms with Crippen molar-refractivity contribution < 1.29 is 123 Å². The zero-order valence-corrected chi connectivity index (χ0v) is 45.5. The van der Waals surface area contributed by atoms with Crippen LogP contribution in [0.2, 0.25) is 0 Å². The lowest BCUT2D eigenvalue weighted by Crippen LogP contribution is -2.63. The highest BCUT2D eigenvalue weighted by molar-refractivity contribution is 5.28. The van der Waals surface area contributed by atoms with E-state index in [9.17, 15) is 66.4 Å². The van der Waals surface area contributed by atoms with Gasteiger partial charge in [-0.1, -0.05) is 25.5 Å². The molecule has 0 aromatic rings. The number of aliphatic hydroxyl groups excluding tert-OH is 12. The molecular weight excluding hydrogens is 1040 g/mol. The molecule has 5 heterocycles. The average Bonchev–Trinajstić information content (AvgIpc) is 3.77. The first-order chi connectivity index (χ1) is 36.9. The number of hydrogen-bond donors (Lipinski definition) is 13. The van der Waals surface area contributed by atoms with E-state index in [0.717, 1.165) is 25.7 Å². The molecule has 9 rings (SSSR count). The van der Waals surface area contributed by atoms with E-state index in [1.54, 1.807) is 14.0 Å². The summed E-state index contributed by atoms with van der Waals surface area (Å²) in [6, 6.07) is 0. The summed E-state index contributed by atoms with van der Waals surface area (Å²) >= 11 is 0. The van der Waals surface area contributed by atoms with Gasteiger partial charge in [0.1, 0.15) is 97.7 Å². The highest BCUT2D eigenvalue weighted by Crippen LogP contribution is 2.68. The van der Waals surface area contributed by atoms with Crippen molar-refractivity contribution in [2.75, 3.05) is 34.0 Å². The third kappa shape index (κ3) is 11.2. The molecule has 0 spiro atoms. The van der Waals surface area contributed by atoms with Crippen molar-refractivity contribution in [3.8, 4) is 0 Å². The van der Waals surface area contributed by atoms with Crippen LogP contribution in [0.1, 0.15) is 92.4 Å². The van der Waals surface area contributed by atoms with Crippen molar-refractivity contribution in [2.24, 2.45) is 28.6 Å². The highest BCUT2D eigenvalue weighted by atomic mass is 16.8. The number of methoxy groups -OCH3 is 2. The van der Waals surface area contributed by atoms with Crippen LogP contribution in [0.3, 0.4) is 0 Å². The fraction of sp³-hybridized carbons (Fsp3) is 0.962. The van der Waals surface area contributed by atoms with Crippen LogP contribution in [-0.4, -0.2) is 266 Å². The first kappa shape index (κ1) is 61.3. The lowest BCUT2D eigenvalue weighted by molar-refractivity contribution is -0.346. The normalized spacial score (nSPS) is 54.1. The van der Waals surface area contributed by atoms with E-state index >= 15 is 0 Å². The van der Waals surface area contributed by atoms with Gasteiger partial charge in [-0.15, -0.1) is 0 Å². The summed E-state index contributed by atoms with van der Waals surface area (Å²) in [4.78, 5) is 0. The molecule has 78 heavy (non-hydrogen) atoms. The number of allylic oxidation sites excluding steroid dienone is 1. The monoisotopic (exact) mass is 1120 g/mol. The Kier molecular flexibility index (Phi) is 19.2. The average molecular weight is 1130 g/mol. The third-order valence-electron chi connectivity index (χ3n) is 19.9. The van der Waals surface area contributed by atoms with Crippen LogP contribution in [0.25, 0.3) is 0 Å². The Morgan fingerprint density at radius 1 is 0.590 bits per heavy atom. The van der Waals surface area contributed by atoms with Crippen LogP contribution in [0.15, 0.2) is 11.6 Å². The predicted octanol–water partition coefficient (Wildman–Crippen LogP) is -3.06. The molecule has 450 valence electrons. The molecule has 5 saturated heterocycles. The molecule has 4 aliphatic carbocycles. The molecule has 0 radical (unpaired) electrons. The molecule has 3 saturated carbocycles. The summed E-state index contributed by atoms with van der Waals surface area (Å²) in [5.74, 6) is -0.0298. The Bertz CT molecular complexity index is 2010. The van der Waals surface area contributed by atoms with Crippen molar-refractivity contribution in [3.05, 3.63) is 11.6 Å². The molecule has 0 aromatic carbocycles. The van der Waals surface area contributed by atoms with Crippen molar-refractivity contribution in [1.82, 2.24) is 0 Å². The Hall–Kier alpha value is -1.26. The zero-order valence-electron chi connectivity index (χ0n) is 45.5. The first-order valence-corrected chi connectivity index (χ1v) is 27.9. The van der Waals surface area contributed by atoms with E-state index in [0.29, 0.717) is 32.1 Å². The standard InChI is InChI=1S/C53H88O25/c1-21(72-49-43(64)40(61)37(58)32(77-49)20-70-48-42(63)39(60)36(57)31(76-48)19-69-47-41(62)38(59)35(56)30(18-54)75-47)26-12-15-53(66)28-9-8-24-16-25(10-13-51(24,4)27(28)11-14-52(26,53)5)74-33-17-29(67-6)45(23(3)71-33)78-50-44(65)46(68-7)34(55)22(2)73-50/h8,21-23,25-50,54-66H,9-20H2,1-7H3/t21-,22+,23+,25-,26+,27-,28+,29+,30+,31+,32+,33-,34+,35-,36-,37-,38-,39-,40-,41+,42+,43+,44+,45+,46-,47+,48+,49+,50-,51-,52+,53-/m0/s1. The van der Waals surface area contributed by atoms with Crippen molar-refractivity contribution in [1.29, 1.82) is 0 Å². The van der Waals surface area contributed by atoms with Gasteiger partial charge in [-0.3, -0.25) is 0 Å². The molecule has 25 heteroatoms. The lowest BCUT2D eigenvalue weighted by Gasteiger charge is -2.61. The van der Waals surface area contributed by atoms with Gasteiger partial charge < -0.3 is 123 Å². The summed E-state index contributed by atoms with van der Waals surface area (Å²) < 4.78 is 71.3. The Labute approximate surface area is 454 Å². The second-order valence-corrected chi connectivity index (χ2v) is 24.1. The highest BCUT2D eigenvalue weighted by Gasteiger charge is 2.67. The Morgan fingerprint density at radius 2 is 1.18 bits per heavy atom. The quantitative estimate of drug-likeness (QED) is 0.0682. The van der Waals surface area contributed by atoms with Gasteiger partial charge in [-0.2, -0.15) is 0 Å². The van der Waals surface area contributed by atoms with E-state index in [-0.39, 0.29) is 29.3 Å². The minimum atomic E-state index is -1.85. The van der Waals surface area contributed by atoms with Crippen molar-refractivity contribution in [2.45, 2.75) is 258 Å². The molecule has 8 fully saturated rings. The second kappa shape index (κ2) is 24.4. The topological polar surface area (TPSA) is 374 Å². The van der Waals surface area contributed by atoms with Crippen LogP contribution in [0.4, 0.5) is 0 Å². The molecule has 25 nitrogen and oxygen atoms in total. The van der Waals surface area contributed by atoms with Gasteiger partial charge in [0, 0.05) is 26.1 Å². The van der Waals surface area contributed by atoms with Gasteiger partial charge in [-0.05, 0) is 95.3 Å². The molecule has 0 bridgehead atoms. The van der Waals surface area contributed by atoms with Crippen LogP contribution in [0.5, 0.6) is 0 Å². The lowest BCUT2D eigenvalue weighted by atomic mass is 9.45. The summed E-state index contributed by atoms with van der Waals surface area (Å²) in [5.41, 5.74) is -0.500. The van der Waals surface area contributed by atoms with Crippen LogP contribution in [-0.2, 0) is 56.8 Å². The fourth-order valence-corrected chi connectivity index (χ4v) is 15.0. The summed E-state index contributed by atoms with van der Waals surface area (Å²) in [6.45, 7) is 7.96. The van der Waals surface area contributed by atoms with Gasteiger partial charge in [0.05, 0.1) is 55.9 Å². The summed E-state index contributed by atoms with van der Waals surface area (Å²) in [6.07, 6.45) is -23.7. The second-order valence-electron chi connectivity index (χ2n) is 24.1. The van der Waals surface area contributed by atoms with Gasteiger partial charge in [0.15, 0.2) is 31.5 Å². The van der Waals surface area contributed by atoms with Gasteiger partial charge in [0.25, 0.3) is 0 Å². The van der Waals surface area contributed by atoms with Crippen LogP contribution < -0.4 is 0 Å². The van der Waals surface area contributed by atoms with Crippen molar-refractivity contribution in [3.63, 3.8) is 0 Å². The first-order valence-electron chi connectivity index (χ1n) is 27.9. The molecular formula is C53H88O25. The maximum Gasteiger partial charge on any atom is 0.187 e. The number of hydrogen-bond acceptors (Lipinski definition) is 25. The number of rotatable bonds is 16. The largest absolute Gasteiger partial charge is 0.394 e. The molecule has 9 aliphatic rings. The Morgan fingerprint density at radius 3 is 1.78 bits per heavy atom. The smallest absolute Gasteiger partial charge is 0.187 e. The Balaban J connectivity index is 0.786. The maximum absolute atomic E-state index is 13.0. The molecule has 0 aromatic heterocycles. The van der Waals surface area contributed by atoms with E-state index in [1.165, 1.54) is 12.7 Å². The number of ether oxygens (including phenoxy) is 12. The zero-order chi connectivity index (χ0) is 56.5. The minimum absolute atomic E-state index is 0.0374. The van der Waals surface area contributed by atoms with E-state index < -0.39 is 184 Å². The predicted molar refractivity (Wildman–Crippen MR) is 263 cm³/mol. The third-order valence-corrected chi connectivity index (χ3v) is 19.9. The number of fused-ring (bicyclic) bond motifs is 5.